The maximum atomic E-state index is 13.6. The minimum atomic E-state index is -0.552. The van der Waals surface area contributed by atoms with Gasteiger partial charge in [0.2, 0.25) is 0 Å². The summed E-state index contributed by atoms with van der Waals surface area (Å²) in [5.41, 5.74) is 0.274. The summed E-state index contributed by atoms with van der Waals surface area (Å²) in [7, 11) is 0. The van der Waals surface area contributed by atoms with Crippen LogP contribution >= 0.6 is 31.9 Å². The summed E-state index contributed by atoms with van der Waals surface area (Å²) in [6.45, 7) is 0. The van der Waals surface area contributed by atoms with Crippen molar-refractivity contribution in [3.05, 3.63) is 62.5 Å². The second-order valence-corrected chi connectivity index (χ2v) is 5.39. The largest absolute Gasteiger partial charge is 0.319 e. The fraction of sp³-hybridized carbons (Fsp3) is 0. The topological polar surface area (TPSA) is 29.1 Å². The molecule has 0 radical (unpaired) electrons. The molecule has 0 bridgehead atoms. The van der Waals surface area contributed by atoms with Gasteiger partial charge in [-0.25, -0.2) is 8.78 Å². The third-order valence-electron chi connectivity index (χ3n) is 2.38. The van der Waals surface area contributed by atoms with Crippen LogP contribution in [0.2, 0.25) is 0 Å². The van der Waals surface area contributed by atoms with E-state index in [-0.39, 0.29) is 15.7 Å². The van der Waals surface area contributed by atoms with Gasteiger partial charge in [-0.05, 0) is 62.2 Å². The summed E-state index contributed by atoms with van der Waals surface area (Å²) in [6, 6.07) is 8.18. The molecule has 1 N–H and O–H groups in total. The molecule has 0 spiro atoms. The van der Waals surface area contributed by atoms with E-state index in [2.05, 4.69) is 37.2 Å². The van der Waals surface area contributed by atoms with Crippen molar-refractivity contribution < 1.29 is 13.6 Å². The number of rotatable bonds is 2. The maximum Gasteiger partial charge on any atom is 0.255 e. The van der Waals surface area contributed by atoms with Crippen LogP contribution in [0.5, 0.6) is 0 Å². The highest BCUT2D eigenvalue weighted by Crippen LogP contribution is 2.26. The molecule has 0 saturated heterocycles. The van der Waals surface area contributed by atoms with Crippen molar-refractivity contribution in [1.82, 2.24) is 0 Å². The Kier molecular flexibility index (Phi) is 4.31. The van der Waals surface area contributed by atoms with Gasteiger partial charge >= 0.3 is 0 Å². The van der Waals surface area contributed by atoms with Crippen molar-refractivity contribution in [2.45, 2.75) is 0 Å². The first kappa shape index (κ1) is 14.1. The number of hydrogen-bond acceptors (Lipinski definition) is 1. The lowest BCUT2D eigenvalue weighted by molar-refractivity contribution is 0.102. The van der Waals surface area contributed by atoms with Crippen LogP contribution in [0.15, 0.2) is 45.3 Å². The van der Waals surface area contributed by atoms with Gasteiger partial charge in [0.15, 0.2) is 0 Å². The van der Waals surface area contributed by atoms with Gasteiger partial charge in [0, 0.05) is 10.0 Å². The summed E-state index contributed by atoms with van der Waals surface area (Å²) in [5, 5.41) is 2.44. The van der Waals surface area contributed by atoms with Crippen LogP contribution < -0.4 is 5.32 Å². The Labute approximate surface area is 125 Å². The molecule has 0 aliphatic rings. The van der Waals surface area contributed by atoms with Crippen LogP contribution in [0.3, 0.4) is 0 Å². The quantitative estimate of drug-likeness (QED) is 0.788. The number of nitrogens with one attached hydrogen (secondary N) is 1. The van der Waals surface area contributed by atoms with Gasteiger partial charge < -0.3 is 5.32 Å². The van der Waals surface area contributed by atoms with Crippen LogP contribution in [0.4, 0.5) is 14.5 Å². The Hall–Kier alpha value is -1.27. The molecule has 2 aromatic carbocycles. The standard InChI is InChI=1S/C13H7Br2F2NO/c14-8-2-1-3-11(17)12(8)18-13(19)7-4-5-10(16)9(15)6-7/h1-6H,(H,18,19). The minimum absolute atomic E-state index is 0.0490. The number of anilines is 1. The Bertz CT molecular complexity index is 626. The van der Waals surface area contributed by atoms with Gasteiger partial charge in [-0.15, -0.1) is 0 Å². The highest BCUT2D eigenvalue weighted by molar-refractivity contribution is 9.10. The third kappa shape index (κ3) is 3.19. The molecule has 2 nitrogen and oxygen atoms in total. The molecular formula is C13H7Br2F2NO. The number of carbonyl (C=O) groups is 1. The van der Waals surface area contributed by atoms with Crippen LogP contribution in [0.25, 0.3) is 0 Å². The van der Waals surface area contributed by atoms with Crippen molar-refractivity contribution in [2.24, 2.45) is 0 Å². The zero-order valence-electron chi connectivity index (χ0n) is 9.38. The first-order valence-electron chi connectivity index (χ1n) is 5.19. The number of hydrogen-bond donors (Lipinski definition) is 1. The average Bonchev–Trinajstić information content (AvgIpc) is 2.37. The molecule has 0 fully saturated rings. The van der Waals surface area contributed by atoms with Crippen molar-refractivity contribution in [3.8, 4) is 0 Å². The average molecular weight is 391 g/mol. The van der Waals surface area contributed by atoms with Crippen molar-refractivity contribution >= 4 is 43.5 Å². The van der Waals surface area contributed by atoms with E-state index in [0.717, 1.165) is 6.07 Å². The summed E-state index contributed by atoms with van der Waals surface area (Å²) < 4.78 is 27.2. The lowest BCUT2D eigenvalue weighted by Crippen LogP contribution is -2.13. The van der Waals surface area contributed by atoms with Gasteiger partial charge in [0.05, 0.1) is 10.2 Å². The van der Waals surface area contributed by atoms with Gasteiger partial charge in [-0.2, -0.15) is 0 Å². The molecular weight excluding hydrogens is 384 g/mol. The lowest BCUT2D eigenvalue weighted by Gasteiger charge is -2.08. The van der Waals surface area contributed by atoms with E-state index in [1.54, 1.807) is 6.07 Å². The van der Waals surface area contributed by atoms with Gasteiger partial charge in [0.25, 0.3) is 5.91 Å². The molecule has 0 aliphatic heterocycles. The number of halogens is 4. The van der Waals surface area contributed by atoms with Crippen LogP contribution in [-0.2, 0) is 0 Å². The summed E-state index contributed by atoms with van der Waals surface area (Å²) in [5.74, 6) is -1.54. The van der Waals surface area contributed by atoms with E-state index in [9.17, 15) is 13.6 Å². The van der Waals surface area contributed by atoms with Crippen LogP contribution in [0.1, 0.15) is 10.4 Å². The SMILES string of the molecule is O=C(Nc1c(F)cccc1Br)c1ccc(F)c(Br)c1. The molecule has 2 aromatic rings. The van der Waals surface area contributed by atoms with E-state index < -0.39 is 17.5 Å². The Morgan fingerprint density at radius 1 is 1.00 bits per heavy atom. The predicted octanol–water partition coefficient (Wildman–Crippen LogP) is 4.74. The van der Waals surface area contributed by atoms with E-state index in [0.29, 0.717) is 4.47 Å². The molecule has 0 aliphatic carbocycles. The molecule has 0 atom stereocenters. The Balaban J connectivity index is 2.28. The summed E-state index contributed by atoms with van der Waals surface area (Å²) >= 11 is 6.14. The molecule has 0 saturated carbocycles. The third-order valence-corrected chi connectivity index (χ3v) is 3.65. The molecule has 0 aromatic heterocycles. The number of para-hydroxylation sites is 1. The smallest absolute Gasteiger partial charge is 0.255 e. The Morgan fingerprint density at radius 2 is 1.74 bits per heavy atom. The van der Waals surface area contributed by atoms with E-state index in [4.69, 9.17) is 0 Å². The number of amides is 1. The molecule has 0 heterocycles. The molecule has 6 heteroatoms. The molecule has 19 heavy (non-hydrogen) atoms. The van der Waals surface area contributed by atoms with Crippen LogP contribution in [-0.4, -0.2) is 5.91 Å². The Morgan fingerprint density at radius 3 is 2.37 bits per heavy atom. The highest BCUT2D eigenvalue weighted by atomic mass is 79.9. The predicted molar refractivity (Wildman–Crippen MR) is 76.2 cm³/mol. The number of carbonyl (C=O) groups excluding carboxylic acids is 1. The van der Waals surface area contributed by atoms with Gasteiger partial charge in [-0.3, -0.25) is 4.79 Å². The van der Waals surface area contributed by atoms with E-state index in [1.807, 2.05) is 0 Å². The van der Waals surface area contributed by atoms with Crippen molar-refractivity contribution in [1.29, 1.82) is 0 Å². The van der Waals surface area contributed by atoms with Gasteiger partial charge in [0.1, 0.15) is 11.6 Å². The zero-order valence-corrected chi connectivity index (χ0v) is 12.6. The minimum Gasteiger partial charge on any atom is -0.319 e. The second-order valence-electron chi connectivity index (χ2n) is 3.68. The maximum absolute atomic E-state index is 13.6. The monoisotopic (exact) mass is 389 g/mol. The molecule has 1 amide bonds. The van der Waals surface area contributed by atoms with Gasteiger partial charge in [-0.1, -0.05) is 6.07 Å². The normalized spacial score (nSPS) is 10.3. The second kappa shape index (κ2) is 5.79. The van der Waals surface area contributed by atoms with E-state index in [1.165, 1.54) is 24.3 Å². The molecule has 0 unspecified atom stereocenters. The lowest BCUT2D eigenvalue weighted by atomic mass is 10.2. The first-order valence-corrected chi connectivity index (χ1v) is 6.78. The summed E-state index contributed by atoms with van der Waals surface area (Å²) in [6.07, 6.45) is 0. The van der Waals surface area contributed by atoms with Crippen molar-refractivity contribution in [3.63, 3.8) is 0 Å². The highest BCUT2D eigenvalue weighted by Gasteiger charge is 2.13. The summed E-state index contributed by atoms with van der Waals surface area (Å²) in [4.78, 5) is 11.9. The first-order chi connectivity index (χ1) is 8.99. The fourth-order valence-electron chi connectivity index (χ4n) is 1.44. The van der Waals surface area contributed by atoms with E-state index >= 15 is 0 Å². The van der Waals surface area contributed by atoms with Crippen molar-refractivity contribution in [2.75, 3.05) is 5.32 Å². The molecule has 98 valence electrons. The van der Waals surface area contributed by atoms with Crippen LogP contribution in [0, 0.1) is 11.6 Å². The number of benzene rings is 2. The fourth-order valence-corrected chi connectivity index (χ4v) is 2.26. The zero-order chi connectivity index (χ0) is 14.0. The molecule has 2 rings (SSSR count).